The minimum Gasteiger partial charge on any atom is -0.493 e. The highest BCUT2D eigenvalue weighted by Gasteiger charge is 2.34. The summed E-state index contributed by atoms with van der Waals surface area (Å²) >= 11 is 13.5. The third-order valence-electron chi connectivity index (χ3n) is 6.26. The van der Waals surface area contributed by atoms with E-state index >= 15 is 0 Å². The highest BCUT2D eigenvalue weighted by molar-refractivity contribution is 8.18. The zero-order valence-electron chi connectivity index (χ0n) is 23.4. The molecule has 1 aromatic heterocycles. The molecule has 0 aliphatic carbocycles. The van der Waals surface area contributed by atoms with Gasteiger partial charge in [-0.2, -0.15) is 5.10 Å². The number of carbonyl (C=O) groups excluding carboxylic acids is 1. The van der Waals surface area contributed by atoms with Crippen LogP contribution in [0.3, 0.4) is 0 Å². The van der Waals surface area contributed by atoms with Gasteiger partial charge in [-0.3, -0.25) is 9.69 Å². The van der Waals surface area contributed by atoms with Crippen LogP contribution < -0.4 is 9.47 Å². The number of thioether (sulfide) groups is 1. The van der Waals surface area contributed by atoms with E-state index in [9.17, 15) is 4.79 Å². The van der Waals surface area contributed by atoms with Gasteiger partial charge in [0.25, 0.3) is 5.91 Å². The number of hydrogen-bond donors (Lipinski definition) is 0. The van der Waals surface area contributed by atoms with Crippen molar-refractivity contribution in [3.8, 4) is 11.5 Å². The van der Waals surface area contributed by atoms with Gasteiger partial charge in [0.2, 0.25) is 0 Å². The van der Waals surface area contributed by atoms with E-state index in [-0.39, 0.29) is 19.1 Å². The summed E-state index contributed by atoms with van der Waals surface area (Å²) < 4.78 is 17.0. The Balaban J connectivity index is 1.35. The third-order valence-corrected chi connectivity index (χ3v) is 7.85. The number of furan rings is 1. The van der Waals surface area contributed by atoms with E-state index in [1.165, 1.54) is 11.8 Å². The number of allylic oxidation sites excluding steroid dienone is 1. The maximum atomic E-state index is 13.5. The fourth-order valence-corrected chi connectivity index (χ4v) is 5.54. The topological polar surface area (TPSA) is 76.6 Å². The summed E-state index contributed by atoms with van der Waals surface area (Å²) in [6.07, 6.45) is 7.03. The van der Waals surface area contributed by atoms with Gasteiger partial charge in [0, 0.05) is 15.6 Å². The van der Waals surface area contributed by atoms with Crippen molar-refractivity contribution in [1.29, 1.82) is 0 Å². The van der Waals surface area contributed by atoms with Crippen LogP contribution in [0.15, 0.2) is 110 Å². The van der Waals surface area contributed by atoms with Crippen molar-refractivity contribution in [2.24, 2.45) is 10.2 Å². The molecule has 0 N–H and O–H groups in total. The average Bonchev–Trinajstić information content (AvgIpc) is 3.62. The largest absolute Gasteiger partial charge is 0.493 e. The first kappa shape index (κ1) is 30.2. The van der Waals surface area contributed by atoms with Crippen molar-refractivity contribution >= 4 is 64.4 Å². The molecule has 2 heterocycles. The van der Waals surface area contributed by atoms with Crippen LogP contribution in [-0.4, -0.2) is 29.3 Å². The molecule has 4 aromatic rings. The average molecular weight is 633 g/mol. The Morgan fingerprint density at radius 2 is 1.84 bits per heavy atom. The third kappa shape index (κ3) is 7.99. The van der Waals surface area contributed by atoms with Crippen molar-refractivity contribution in [3.63, 3.8) is 0 Å². The number of hydrogen-bond acceptors (Lipinski definition) is 7. The quantitative estimate of drug-likeness (QED) is 0.0993. The fourth-order valence-electron chi connectivity index (χ4n) is 4.14. The van der Waals surface area contributed by atoms with Gasteiger partial charge in [0.1, 0.15) is 12.4 Å². The van der Waals surface area contributed by atoms with E-state index in [0.29, 0.717) is 37.4 Å². The van der Waals surface area contributed by atoms with Crippen molar-refractivity contribution in [2.45, 2.75) is 20.1 Å². The van der Waals surface area contributed by atoms with Crippen LogP contribution >= 0.6 is 35.0 Å². The molecule has 0 saturated carbocycles. The minimum absolute atomic E-state index is 0.205. The standard InChI is InChI=1S/C33H27Cl2N3O4S/c1-22(15-23-7-4-3-5-8-23)19-36-37-33-38(20-27-9-6-14-41-27)32(39)31(43-33)17-24-10-13-29(30(16-24)40-2)42-21-25-11-12-26(34)18-28(25)35/h3-19H,20-21H2,1-2H3/b22-15+,31-17-,36-19+,37-33-. The van der Waals surface area contributed by atoms with Gasteiger partial charge in [0.15, 0.2) is 16.7 Å². The van der Waals surface area contributed by atoms with E-state index in [4.69, 9.17) is 37.1 Å². The lowest BCUT2D eigenvalue weighted by atomic mass is 10.1. The number of rotatable bonds is 10. The van der Waals surface area contributed by atoms with Crippen LogP contribution in [0.5, 0.6) is 11.5 Å². The van der Waals surface area contributed by atoms with Crippen molar-refractivity contribution in [1.82, 2.24) is 4.90 Å². The molecule has 218 valence electrons. The Kier molecular flexibility index (Phi) is 10.0. The molecule has 0 bridgehead atoms. The number of halogens is 2. The summed E-state index contributed by atoms with van der Waals surface area (Å²) in [7, 11) is 1.56. The first-order valence-corrected chi connectivity index (χ1v) is 14.8. The van der Waals surface area contributed by atoms with E-state index in [0.717, 1.165) is 22.3 Å². The Morgan fingerprint density at radius 3 is 2.58 bits per heavy atom. The first-order valence-electron chi connectivity index (χ1n) is 13.2. The Morgan fingerprint density at radius 1 is 1.00 bits per heavy atom. The van der Waals surface area contributed by atoms with E-state index < -0.39 is 0 Å². The predicted molar refractivity (Wildman–Crippen MR) is 175 cm³/mol. The fraction of sp³-hybridized carbons (Fsp3) is 0.121. The molecule has 7 nitrogen and oxygen atoms in total. The van der Waals surface area contributed by atoms with Crippen molar-refractivity contribution in [3.05, 3.63) is 128 Å². The molecule has 0 atom stereocenters. The molecule has 0 unspecified atom stereocenters. The number of methoxy groups -OCH3 is 1. The molecule has 1 aliphatic rings. The highest BCUT2D eigenvalue weighted by Crippen LogP contribution is 2.36. The van der Waals surface area contributed by atoms with Crippen LogP contribution in [-0.2, 0) is 17.9 Å². The van der Waals surface area contributed by atoms with Crippen molar-refractivity contribution < 1.29 is 18.7 Å². The smallest absolute Gasteiger partial charge is 0.267 e. The molecular weight excluding hydrogens is 605 g/mol. The number of ether oxygens (including phenoxy) is 2. The first-order chi connectivity index (χ1) is 20.9. The number of nitrogens with zero attached hydrogens (tertiary/aromatic N) is 3. The van der Waals surface area contributed by atoms with Gasteiger partial charge in [-0.25, -0.2) is 0 Å². The number of amides is 1. The van der Waals surface area contributed by atoms with E-state index in [2.05, 4.69) is 10.2 Å². The second kappa shape index (κ2) is 14.3. The highest BCUT2D eigenvalue weighted by atomic mass is 35.5. The normalized spacial score (nSPS) is 15.7. The van der Waals surface area contributed by atoms with Crippen LogP contribution in [0.2, 0.25) is 10.0 Å². The van der Waals surface area contributed by atoms with Crippen LogP contribution in [0.25, 0.3) is 12.2 Å². The maximum Gasteiger partial charge on any atom is 0.267 e. The van der Waals surface area contributed by atoms with Crippen LogP contribution in [0, 0.1) is 0 Å². The monoisotopic (exact) mass is 631 g/mol. The van der Waals surface area contributed by atoms with Gasteiger partial charge in [0.05, 0.1) is 31.0 Å². The molecule has 0 spiro atoms. The Hall–Kier alpha value is -4.24. The van der Waals surface area contributed by atoms with Gasteiger partial charge < -0.3 is 13.9 Å². The zero-order valence-corrected chi connectivity index (χ0v) is 25.7. The SMILES string of the molecule is COc1cc(/C=C2\S\C(=N/N=C/C(C)=C/c3ccccc3)N(Cc3ccco3)C2=O)ccc1OCc1ccc(Cl)cc1Cl. The lowest BCUT2D eigenvalue weighted by Gasteiger charge is -2.13. The summed E-state index contributed by atoms with van der Waals surface area (Å²) in [5.41, 5.74) is 3.54. The zero-order chi connectivity index (χ0) is 30.2. The lowest BCUT2D eigenvalue weighted by Crippen LogP contribution is -2.28. The molecule has 3 aromatic carbocycles. The minimum atomic E-state index is -0.205. The molecule has 10 heteroatoms. The number of carbonyl (C=O) groups is 1. The van der Waals surface area contributed by atoms with Gasteiger partial charge >= 0.3 is 0 Å². The maximum absolute atomic E-state index is 13.5. The number of amidine groups is 1. The summed E-state index contributed by atoms with van der Waals surface area (Å²) in [6.45, 7) is 2.41. The summed E-state index contributed by atoms with van der Waals surface area (Å²) in [5.74, 6) is 1.48. The molecule has 5 rings (SSSR count). The molecular formula is C33H27Cl2N3O4S. The molecule has 1 fully saturated rings. The second-order valence-electron chi connectivity index (χ2n) is 9.44. The second-order valence-corrected chi connectivity index (χ2v) is 11.3. The predicted octanol–water partition coefficient (Wildman–Crippen LogP) is 8.74. The Labute approximate surface area is 264 Å². The molecule has 0 radical (unpaired) electrons. The van der Waals surface area contributed by atoms with Crippen LogP contribution in [0.1, 0.15) is 29.4 Å². The molecule has 43 heavy (non-hydrogen) atoms. The van der Waals surface area contributed by atoms with E-state index in [1.807, 2.05) is 67.6 Å². The van der Waals surface area contributed by atoms with Gasteiger partial charge in [-0.15, -0.1) is 5.10 Å². The summed E-state index contributed by atoms with van der Waals surface area (Å²) in [5, 5.41) is 10.2. The number of benzene rings is 3. The molecule has 1 aliphatic heterocycles. The molecule has 1 saturated heterocycles. The van der Waals surface area contributed by atoms with E-state index in [1.54, 1.807) is 54.8 Å². The van der Waals surface area contributed by atoms with Crippen LogP contribution in [0.4, 0.5) is 0 Å². The van der Waals surface area contributed by atoms with Gasteiger partial charge in [-0.05, 0) is 77.9 Å². The molecule has 1 amide bonds. The van der Waals surface area contributed by atoms with Gasteiger partial charge in [-0.1, -0.05) is 71.7 Å². The summed E-state index contributed by atoms with van der Waals surface area (Å²) in [6, 6.07) is 24.2. The summed E-state index contributed by atoms with van der Waals surface area (Å²) in [4.78, 5) is 15.5. The van der Waals surface area contributed by atoms with Crippen molar-refractivity contribution in [2.75, 3.05) is 7.11 Å². The lowest BCUT2D eigenvalue weighted by molar-refractivity contribution is -0.122. The Bertz CT molecular complexity index is 1720.